The van der Waals surface area contributed by atoms with Crippen molar-refractivity contribution in [2.24, 2.45) is 0 Å². The molecule has 0 unspecified atom stereocenters. The number of hydrogen-bond donors (Lipinski definition) is 1. The van der Waals surface area contributed by atoms with Crippen LogP contribution in [0.1, 0.15) is 51.8 Å². The molecule has 18 heavy (non-hydrogen) atoms. The number of nitrogens with zero attached hydrogens (tertiary/aromatic N) is 2. The smallest absolute Gasteiger partial charge is 0.0862 e. The normalized spacial score (nSPS) is 16.6. The fourth-order valence-corrected chi connectivity index (χ4v) is 2.34. The van der Waals surface area contributed by atoms with Gasteiger partial charge in [-0.1, -0.05) is 17.7 Å². The zero-order chi connectivity index (χ0) is 13.1. The standard InChI is InChI=1S/C14H22ClN3/c1-10(2)18-14(13(15)9-17-18)11(3)5-4-8-16-12-6-7-12/h5,9-10,12,16H,4,6-8H2,1-3H3. The van der Waals surface area contributed by atoms with Crippen LogP contribution < -0.4 is 5.32 Å². The summed E-state index contributed by atoms with van der Waals surface area (Å²) >= 11 is 6.22. The highest BCUT2D eigenvalue weighted by atomic mass is 35.5. The summed E-state index contributed by atoms with van der Waals surface area (Å²) in [5.74, 6) is 0. The number of hydrogen-bond acceptors (Lipinski definition) is 2. The van der Waals surface area contributed by atoms with Gasteiger partial charge in [-0.05, 0) is 52.2 Å². The van der Waals surface area contributed by atoms with Crippen LogP contribution in [0, 0.1) is 0 Å². The average Bonchev–Trinajstić information content (AvgIpc) is 3.05. The SMILES string of the molecule is CC(=CCCNC1CC1)c1c(Cl)cnn1C(C)C. The summed E-state index contributed by atoms with van der Waals surface area (Å²) in [6, 6.07) is 1.11. The minimum atomic E-state index is 0.334. The number of nitrogens with one attached hydrogen (secondary N) is 1. The fourth-order valence-electron chi connectivity index (χ4n) is 2.06. The van der Waals surface area contributed by atoms with Crippen molar-refractivity contribution in [3.05, 3.63) is 23.0 Å². The molecule has 1 heterocycles. The summed E-state index contributed by atoms with van der Waals surface area (Å²) in [5.41, 5.74) is 2.27. The minimum absolute atomic E-state index is 0.334. The molecule has 0 amide bonds. The van der Waals surface area contributed by atoms with Crippen molar-refractivity contribution in [2.45, 2.75) is 52.1 Å². The molecule has 0 radical (unpaired) electrons. The lowest BCUT2D eigenvalue weighted by molar-refractivity contribution is 0.527. The first-order chi connectivity index (χ1) is 8.59. The van der Waals surface area contributed by atoms with Gasteiger partial charge in [-0.15, -0.1) is 0 Å². The molecule has 0 spiro atoms. The molecule has 1 aromatic rings. The summed E-state index contributed by atoms with van der Waals surface area (Å²) in [5, 5.41) is 8.58. The fraction of sp³-hybridized carbons (Fsp3) is 0.643. The Bertz CT molecular complexity index is 430. The van der Waals surface area contributed by atoms with Gasteiger partial charge < -0.3 is 5.32 Å². The Kier molecular flexibility index (Phi) is 4.46. The van der Waals surface area contributed by atoms with Crippen molar-refractivity contribution in [3.8, 4) is 0 Å². The lowest BCUT2D eigenvalue weighted by atomic mass is 10.1. The van der Waals surface area contributed by atoms with E-state index in [9.17, 15) is 0 Å². The first-order valence-electron chi connectivity index (χ1n) is 6.73. The molecule has 1 fully saturated rings. The van der Waals surface area contributed by atoms with Crippen LogP contribution in [0.3, 0.4) is 0 Å². The van der Waals surface area contributed by atoms with Crippen LogP contribution in [-0.2, 0) is 0 Å². The Morgan fingerprint density at radius 3 is 2.94 bits per heavy atom. The van der Waals surface area contributed by atoms with Crippen molar-refractivity contribution in [1.29, 1.82) is 0 Å². The van der Waals surface area contributed by atoms with Gasteiger partial charge in [0.05, 0.1) is 16.9 Å². The van der Waals surface area contributed by atoms with E-state index in [2.05, 4.69) is 37.3 Å². The van der Waals surface area contributed by atoms with Gasteiger partial charge in [0, 0.05) is 12.1 Å². The van der Waals surface area contributed by atoms with Gasteiger partial charge in [-0.3, -0.25) is 4.68 Å². The molecule has 1 aliphatic carbocycles. The van der Waals surface area contributed by atoms with E-state index in [1.165, 1.54) is 18.4 Å². The lowest BCUT2D eigenvalue weighted by Crippen LogP contribution is -2.16. The van der Waals surface area contributed by atoms with Crippen molar-refractivity contribution >= 4 is 17.2 Å². The Balaban J connectivity index is 1.99. The van der Waals surface area contributed by atoms with Crippen molar-refractivity contribution < 1.29 is 0 Å². The molecule has 2 rings (SSSR count). The zero-order valence-electron chi connectivity index (χ0n) is 11.4. The maximum atomic E-state index is 6.22. The highest BCUT2D eigenvalue weighted by Crippen LogP contribution is 2.26. The third-order valence-electron chi connectivity index (χ3n) is 3.22. The number of allylic oxidation sites excluding steroid dienone is 1. The maximum absolute atomic E-state index is 6.22. The molecule has 0 aliphatic heterocycles. The monoisotopic (exact) mass is 267 g/mol. The Labute approximate surface area is 114 Å². The summed E-state index contributed by atoms with van der Waals surface area (Å²) in [6.07, 6.45) is 7.71. The summed E-state index contributed by atoms with van der Waals surface area (Å²) in [4.78, 5) is 0. The molecule has 1 aromatic heterocycles. The quantitative estimate of drug-likeness (QED) is 0.797. The molecule has 4 heteroatoms. The Morgan fingerprint density at radius 2 is 2.33 bits per heavy atom. The molecule has 1 N–H and O–H groups in total. The van der Waals surface area contributed by atoms with E-state index in [1.54, 1.807) is 6.20 Å². The van der Waals surface area contributed by atoms with Gasteiger partial charge in [0.25, 0.3) is 0 Å². The number of rotatable bonds is 6. The topological polar surface area (TPSA) is 29.9 Å². The van der Waals surface area contributed by atoms with E-state index < -0.39 is 0 Å². The van der Waals surface area contributed by atoms with E-state index in [0.29, 0.717) is 6.04 Å². The third kappa shape index (κ3) is 3.36. The second-order valence-corrected chi connectivity index (χ2v) is 5.69. The molecule has 0 saturated heterocycles. The van der Waals surface area contributed by atoms with E-state index in [1.807, 2.05) is 4.68 Å². The van der Waals surface area contributed by atoms with Crippen LogP contribution in [0.15, 0.2) is 12.3 Å². The Morgan fingerprint density at radius 1 is 1.61 bits per heavy atom. The molecule has 0 atom stereocenters. The predicted molar refractivity (Wildman–Crippen MR) is 76.9 cm³/mol. The first-order valence-corrected chi connectivity index (χ1v) is 7.11. The van der Waals surface area contributed by atoms with Gasteiger partial charge >= 0.3 is 0 Å². The zero-order valence-corrected chi connectivity index (χ0v) is 12.2. The molecule has 1 saturated carbocycles. The van der Waals surface area contributed by atoms with Crippen LogP contribution >= 0.6 is 11.6 Å². The second-order valence-electron chi connectivity index (χ2n) is 5.28. The molecule has 1 aliphatic rings. The number of aromatic nitrogens is 2. The van der Waals surface area contributed by atoms with Crippen LogP contribution in [0.5, 0.6) is 0 Å². The van der Waals surface area contributed by atoms with E-state index in [4.69, 9.17) is 11.6 Å². The summed E-state index contributed by atoms with van der Waals surface area (Å²) in [7, 11) is 0. The van der Waals surface area contributed by atoms with Crippen LogP contribution in [0.4, 0.5) is 0 Å². The average molecular weight is 268 g/mol. The molecule has 3 nitrogen and oxygen atoms in total. The predicted octanol–water partition coefficient (Wildman–Crippen LogP) is 3.66. The van der Waals surface area contributed by atoms with Gasteiger partial charge in [0.1, 0.15) is 0 Å². The lowest BCUT2D eigenvalue weighted by Gasteiger charge is -2.12. The van der Waals surface area contributed by atoms with Gasteiger partial charge in [-0.25, -0.2) is 0 Å². The Hall–Kier alpha value is -0.800. The van der Waals surface area contributed by atoms with Gasteiger partial charge in [0.15, 0.2) is 0 Å². The van der Waals surface area contributed by atoms with Gasteiger partial charge in [0.2, 0.25) is 0 Å². The molecule has 0 aromatic carbocycles. The van der Waals surface area contributed by atoms with Crippen LogP contribution in [-0.4, -0.2) is 22.4 Å². The van der Waals surface area contributed by atoms with E-state index in [0.717, 1.165) is 29.7 Å². The molecular weight excluding hydrogens is 246 g/mol. The first kappa shape index (κ1) is 13.6. The van der Waals surface area contributed by atoms with Crippen molar-refractivity contribution in [2.75, 3.05) is 6.54 Å². The summed E-state index contributed by atoms with van der Waals surface area (Å²) < 4.78 is 1.99. The second kappa shape index (κ2) is 5.89. The third-order valence-corrected chi connectivity index (χ3v) is 3.50. The highest BCUT2D eigenvalue weighted by molar-refractivity contribution is 6.32. The van der Waals surface area contributed by atoms with Crippen molar-refractivity contribution in [1.82, 2.24) is 15.1 Å². The van der Waals surface area contributed by atoms with E-state index in [-0.39, 0.29) is 0 Å². The van der Waals surface area contributed by atoms with Gasteiger partial charge in [-0.2, -0.15) is 5.10 Å². The van der Waals surface area contributed by atoms with Crippen molar-refractivity contribution in [3.63, 3.8) is 0 Å². The van der Waals surface area contributed by atoms with Crippen LogP contribution in [0.25, 0.3) is 5.57 Å². The highest BCUT2D eigenvalue weighted by Gasteiger charge is 2.19. The molecule has 0 bridgehead atoms. The number of halogens is 1. The largest absolute Gasteiger partial charge is 0.314 e. The van der Waals surface area contributed by atoms with Crippen LogP contribution in [0.2, 0.25) is 5.02 Å². The van der Waals surface area contributed by atoms with E-state index >= 15 is 0 Å². The maximum Gasteiger partial charge on any atom is 0.0862 e. The molecular formula is C14H22ClN3. The molecule has 100 valence electrons. The summed E-state index contributed by atoms with van der Waals surface area (Å²) in [6.45, 7) is 7.40. The minimum Gasteiger partial charge on any atom is -0.314 e.